The van der Waals surface area contributed by atoms with Crippen molar-refractivity contribution in [3.8, 4) is 17.9 Å². The second-order valence-electron chi connectivity index (χ2n) is 6.51. The zero-order chi connectivity index (χ0) is 21.8. The molecule has 0 aliphatic heterocycles. The Morgan fingerprint density at radius 1 is 1.17 bits per heavy atom. The van der Waals surface area contributed by atoms with Crippen molar-refractivity contribution in [3.05, 3.63) is 41.5 Å². The fourth-order valence-corrected chi connectivity index (χ4v) is 3.82. The highest BCUT2D eigenvalue weighted by atomic mass is 32.1. The molecule has 0 amide bonds. The van der Waals surface area contributed by atoms with Crippen molar-refractivity contribution in [2.24, 2.45) is 10.2 Å². The van der Waals surface area contributed by atoms with Crippen LogP contribution in [0, 0.1) is 22.7 Å². The topological polar surface area (TPSA) is 97.7 Å². The molecule has 0 unspecified atom stereocenters. The van der Waals surface area contributed by atoms with Gasteiger partial charge in [-0.25, -0.2) is 4.98 Å². The maximum Gasteiger partial charge on any atom is 0.231 e. The minimum Gasteiger partial charge on any atom is -0.495 e. The summed E-state index contributed by atoms with van der Waals surface area (Å²) in [5.41, 5.74) is 3.77. The Kier molecular flexibility index (Phi) is 6.36. The van der Waals surface area contributed by atoms with E-state index in [0.717, 1.165) is 21.5 Å². The molecule has 3 rings (SSSR count). The molecule has 1 aromatic heterocycles. The van der Waals surface area contributed by atoms with Gasteiger partial charge in [0.05, 0.1) is 23.0 Å². The Morgan fingerprint density at radius 2 is 1.90 bits per heavy atom. The largest absolute Gasteiger partial charge is 0.495 e. The monoisotopic (exact) mass is 434 g/mol. The van der Waals surface area contributed by atoms with Gasteiger partial charge in [-0.05, 0) is 36.3 Å². The minimum atomic E-state index is 0.0928. The molecule has 0 bridgehead atoms. The Balaban J connectivity index is 1.96. The molecule has 30 heavy (non-hydrogen) atoms. The van der Waals surface area contributed by atoms with Gasteiger partial charge in [-0.3, -0.25) is 0 Å². The molecule has 9 heteroatoms. The number of thiazole rings is 1. The van der Waals surface area contributed by atoms with Gasteiger partial charge in [0.15, 0.2) is 0 Å². The van der Waals surface area contributed by atoms with Gasteiger partial charge in [-0.2, -0.15) is 10.5 Å². The van der Waals surface area contributed by atoms with Gasteiger partial charge >= 0.3 is 0 Å². The normalized spacial score (nSPS) is 10.6. The van der Waals surface area contributed by atoms with Crippen molar-refractivity contribution in [1.29, 1.82) is 10.5 Å². The van der Waals surface area contributed by atoms with E-state index in [2.05, 4.69) is 27.8 Å². The van der Waals surface area contributed by atoms with Gasteiger partial charge in [0, 0.05) is 25.1 Å². The van der Waals surface area contributed by atoms with E-state index >= 15 is 0 Å². The molecular formula is C21H18N6OS2. The summed E-state index contributed by atoms with van der Waals surface area (Å²) in [4.78, 5) is 7.09. The third kappa shape index (κ3) is 4.28. The first-order valence-electron chi connectivity index (χ1n) is 8.80. The summed E-state index contributed by atoms with van der Waals surface area (Å²) >= 11 is 5.88. The van der Waals surface area contributed by atoms with Crippen molar-refractivity contribution in [1.82, 2.24) is 4.98 Å². The number of hydrogen-bond acceptors (Lipinski definition) is 9. The zero-order valence-electron chi connectivity index (χ0n) is 16.8. The average molecular weight is 435 g/mol. The van der Waals surface area contributed by atoms with Gasteiger partial charge < -0.3 is 9.64 Å². The van der Waals surface area contributed by atoms with Gasteiger partial charge in [0.2, 0.25) is 5.13 Å². The minimum absolute atomic E-state index is 0.0928. The number of nitrogens with zero attached hydrogens (tertiary/aromatic N) is 6. The molecule has 150 valence electrons. The molecule has 0 aliphatic carbocycles. The van der Waals surface area contributed by atoms with E-state index in [-0.39, 0.29) is 5.57 Å². The number of anilines is 1. The maximum atomic E-state index is 9.08. The van der Waals surface area contributed by atoms with Crippen LogP contribution < -0.4 is 9.64 Å². The zero-order valence-corrected chi connectivity index (χ0v) is 18.5. The van der Waals surface area contributed by atoms with Crippen molar-refractivity contribution < 1.29 is 4.74 Å². The molecule has 0 spiro atoms. The van der Waals surface area contributed by atoms with Crippen LogP contribution in [0.15, 0.2) is 51.0 Å². The standard InChI is InChI=1S/C21H18N6OS2/c1-12(14(10-22)11-23)13-5-6-15-20(7-13)30-21(24-15)26-25-16-8-18(28-4)17(27(2)3)9-19(16)29/h5-9,29H,1-4H3. The smallest absolute Gasteiger partial charge is 0.231 e. The summed E-state index contributed by atoms with van der Waals surface area (Å²) in [7, 11) is 5.45. The number of thiol groups is 1. The van der Waals surface area contributed by atoms with Crippen LogP contribution in [0.2, 0.25) is 0 Å². The lowest BCUT2D eigenvalue weighted by atomic mass is 10.0. The molecule has 1 heterocycles. The summed E-state index contributed by atoms with van der Waals surface area (Å²) in [5, 5.41) is 27.2. The van der Waals surface area contributed by atoms with E-state index < -0.39 is 0 Å². The van der Waals surface area contributed by atoms with E-state index in [9.17, 15) is 0 Å². The van der Waals surface area contributed by atoms with E-state index in [0.29, 0.717) is 27.0 Å². The molecule has 0 N–H and O–H groups in total. The van der Waals surface area contributed by atoms with E-state index in [1.807, 2.05) is 55.4 Å². The van der Waals surface area contributed by atoms with E-state index in [1.54, 1.807) is 20.1 Å². The van der Waals surface area contributed by atoms with Crippen molar-refractivity contribution in [2.45, 2.75) is 11.8 Å². The summed E-state index contributed by atoms with van der Waals surface area (Å²) in [5.74, 6) is 0.675. The summed E-state index contributed by atoms with van der Waals surface area (Å²) in [6.07, 6.45) is 0. The number of rotatable bonds is 5. The highest BCUT2D eigenvalue weighted by Crippen LogP contribution is 2.38. The fourth-order valence-electron chi connectivity index (χ4n) is 2.76. The van der Waals surface area contributed by atoms with Crippen LogP contribution in [-0.2, 0) is 0 Å². The Labute approximate surface area is 184 Å². The predicted molar refractivity (Wildman–Crippen MR) is 122 cm³/mol. The molecule has 0 fully saturated rings. The molecule has 2 aromatic carbocycles. The van der Waals surface area contributed by atoms with Crippen LogP contribution in [0.3, 0.4) is 0 Å². The van der Waals surface area contributed by atoms with Crippen LogP contribution in [0.5, 0.6) is 5.75 Å². The molecular weight excluding hydrogens is 416 g/mol. The number of allylic oxidation sites excluding steroid dienone is 2. The first-order valence-corrected chi connectivity index (χ1v) is 10.1. The number of ether oxygens (including phenoxy) is 1. The number of hydrogen-bond donors (Lipinski definition) is 1. The Morgan fingerprint density at radius 3 is 2.53 bits per heavy atom. The van der Waals surface area contributed by atoms with Crippen molar-refractivity contribution in [2.75, 3.05) is 26.1 Å². The highest BCUT2D eigenvalue weighted by Gasteiger charge is 2.11. The SMILES string of the molecule is COc1cc(N=Nc2nc3ccc(C(C)=C(C#N)C#N)cc3s2)c(S)cc1N(C)C. The number of azo groups is 1. The summed E-state index contributed by atoms with van der Waals surface area (Å²) in [6.45, 7) is 1.75. The number of nitriles is 2. The average Bonchev–Trinajstić information content (AvgIpc) is 3.15. The first-order chi connectivity index (χ1) is 14.4. The maximum absolute atomic E-state index is 9.08. The van der Waals surface area contributed by atoms with Gasteiger partial charge in [-0.1, -0.05) is 17.4 Å². The predicted octanol–water partition coefficient (Wildman–Crippen LogP) is 5.90. The molecule has 0 saturated heterocycles. The lowest BCUT2D eigenvalue weighted by molar-refractivity contribution is 0.415. The highest BCUT2D eigenvalue weighted by molar-refractivity contribution is 7.80. The third-order valence-electron chi connectivity index (χ3n) is 4.41. The Bertz CT molecular complexity index is 1240. The van der Waals surface area contributed by atoms with Gasteiger partial charge in [-0.15, -0.1) is 22.9 Å². The van der Waals surface area contributed by atoms with Gasteiger partial charge in [0.1, 0.15) is 29.1 Å². The Hall–Kier alpha value is -3.40. The van der Waals surface area contributed by atoms with E-state index in [1.165, 1.54) is 11.3 Å². The number of fused-ring (bicyclic) bond motifs is 1. The van der Waals surface area contributed by atoms with Crippen LogP contribution in [0.1, 0.15) is 12.5 Å². The quantitative estimate of drug-likeness (QED) is 0.306. The van der Waals surface area contributed by atoms with Crippen molar-refractivity contribution >= 4 is 56.3 Å². The van der Waals surface area contributed by atoms with Crippen LogP contribution >= 0.6 is 24.0 Å². The van der Waals surface area contributed by atoms with Crippen LogP contribution in [0.25, 0.3) is 15.8 Å². The van der Waals surface area contributed by atoms with Crippen molar-refractivity contribution in [3.63, 3.8) is 0 Å². The van der Waals surface area contributed by atoms with E-state index in [4.69, 9.17) is 15.3 Å². The lowest BCUT2D eigenvalue weighted by Crippen LogP contribution is -2.10. The third-order valence-corrected chi connectivity index (χ3v) is 5.67. The molecule has 7 nitrogen and oxygen atoms in total. The second-order valence-corrected chi connectivity index (χ2v) is 8.00. The van der Waals surface area contributed by atoms with Crippen LogP contribution in [-0.4, -0.2) is 26.2 Å². The molecule has 0 aliphatic rings. The summed E-state index contributed by atoms with van der Waals surface area (Å²) < 4.78 is 6.33. The molecule has 3 aromatic rings. The lowest BCUT2D eigenvalue weighted by Gasteiger charge is -2.17. The van der Waals surface area contributed by atoms with Crippen LogP contribution in [0.4, 0.5) is 16.5 Å². The first kappa shape index (κ1) is 21.3. The number of methoxy groups -OCH3 is 1. The number of aromatic nitrogens is 1. The fraction of sp³-hybridized carbons (Fsp3) is 0.190. The molecule has 0 radical (unpaired) electrons. The summed E-state index contributed by atoms with van der Waals surface area (Å²) in [6, 6.07) is 13.1. The second kappa shape index (κ2) is 8.95. The number of benzene rings is 2. The van der Waals surface area contributed by atoms with Gasteiger partial charge in [0.25, 0.3) is 0 Å². The molecule has 0 atom stereocenters. The molecule has 0 saturated carbocycles.